The second-order valence-electron chi connectivity index (χ2n) is 7.42. The highest BCUT2D eigenvalue weighted by molar-refractivity contribution is 7.19. The molecule has 31 heavy (non-hydrogen) atoms. The Labute approximate surface area is 180 Å². The van der Waals surface area contributed by atoms with Crippen LogP contribution in [0.3, 0.4) is 0 Å². The fourth-order valence-electron chi connectivity index (χ4n) is 3.87. The van der Waals surface area contributed by atoms with Crippen molar-refractivity contribution in [3.8, 4) is 27.6 Å². The van der Waals surface area contributed by atoms with Crippen LogP contribution in [0.5, 0.6) is 0 Å². The Morgan fingerprint density at radius 2 is 2.10 bits per heavy atom. The highest BCUT2D eigenvalue weighted by Gasteiger charge is 2.34. The number of imidazole rings is 1. The molecule has 4 aromatic rings. The number of anilines is 1. The third-order valence-electron chi connectivity index (χ3n) is 5.14. The molecule has 0 atom stereocenters. The topological polar surface area (TPSA) is 88.5 Å². The Kier molecular flexibility index (Phi) is 4.47. The normalized spacial score (nSPS) is 13.0. The van der Waals surface area contributed by atoms with Gasteiger partial charge >= 0.3 is 0 Å². The summed E-state index contributed by atoms with van der Waals surface area (Å²) in [5.74, 6) is -3.26. The van der Waals surface area contributed by atoms with Crippen LogP contribution in [0.1, 0.15) is 30.7 Å². The van der Waals surface area contributed by atoms with Gasteiger partial charge in [-0.25, -0.2) is 23.4 Å². The first kappa shape index (κ1) is 19.6. The summed E-state index contributed by atoms with van der Waals surface area (Å²) < 4.78 is 30.5. The van der Waals surface area contributed by atoms with Gasteiger partial charge in [-0.2, -0.15) is 5.10 Å². The maximum atomic E-state index is 14.4. The van der Waals surface area contributed by atoms with Gasteiger partial charge in [-0.3, -0.25) is 4.79 Å². The lowest BCUT2D eigenvalue weighted by Crippen LogP contribution is -2.14. The molecule has 1 aliphatic carbocycles. The number of amides is 1. The molecule has 158 valence electrons. The lowest BCUT2D eigenvalue weighted by atomic mass is 9.96. The number of rotatable bonds is 4. The summed E-state index contributed by atoms with van der Waals surface area (Å²) in [4.78, 5) is 24.1. The van der Waals surface area contributed by atoms with E-state index in [1.165, 1.54) is 24.3 Å². The zero-order valence-electron chi connectivity index (χ0n) is 16.7. The molecule has 7 nitrogen and oxygen atoms in total. The molecule has 0 unspecified atom stereocenters. The van der Waals surface area contributed by atoms with Gasteiger partial charge < -0.3 is 10.3 Å². The van der Waals surface area contributed by atoms with Crippen molar-refractivity contribution in [3.05, 3.63) is 53.6 Å². The number of nitrogens with one attached hydrogen (secondary N) is 2. The number of H-pyrrole nitrogens is 1. The molecule has 0 aliphatic heterocycles. The van der Waals surface area contributed by atoms with Gasteiger partial charge in [0.25, 0.3) is 5.92 Å². The standard InChI is InChI=1S/C21H18F2N6OS/c1-11(30)26-20-27-14-8-7-12-17(15-9-24-10-25-15)28-29(18(12)19(14)31-20)16-6-4-3-5-13(16)21(2,22)23/h3-6,9-10H,7-8H2,1-2H3,(H,24,25)(H,26,27,30). The van der Waals surface area contributed by atoms with Gasteiger partial charge in [-0.15, -0.1) is 0 Å². The second kappa shape index (κ2) is 7.09. The minimum Gasteiger partial charge on any atom is -0.351 e. The van der Waals surface area contributed by atoms with Crippen LogP contribution >= 0.6 is 11.3 Å². The van der Waals surface area contributed by atoms with Gasteiger partial charge in [0.1, 0.15) is 11.4 Å². The highest BCUT2D eigenvalue weighted by Crippen LogP contribution is 2.45. The SMILES string of the molecule is CC(=O)Nc1nc2c(s1)-c1c(c(-c3c[nH]cn3)nn1-c1ccccc1C(C)(F)F)CC2. The second-order valence-corrected chi connectivity index (χ2v) is 8.42. The molecule has 3 aromatic heterocycles. The number of carbonyl (C=O) groups excluding carboxylic acids is 1. The van der Waals surface area contributed by atoms with Crippen molar-refractivity contribution in [1.82, 2.24) is 24.7 Å². The molecule has 1 aliphatic rings. The van der Waals surface area contributed by atoms with Crippen LogP contribution in [0.25, 0.3) is 27.6 Å². The Hall–Kier alpha value is -3.40. The Bertz CT molecular complexity index is 1290. The van der Waals surface area contributed by atoms with Gasteiger partial charge in [0.05, 0.1) is 28.3 Å². The van der Waals surface area contributed by atoms with Crippen molar-refractivity contribution in [3.63, 3.8) is 0 Å². The van der Waals surface area contributed by atoms with Crippen molar-refractivity contribution in [2.24, 2.45) is 0 Å². The van der Waals surface area contributed by atoms with Gasteiger partial charge in [-0.1, -0.05) is 29.5 Å². The zero-order valence-corrected chi connectivity index (χ0v) is 17.6. The molecule has 0 bridgehead atoms. The van der Waals surface area contributed by atoms with Crippen LogP contribution < -0.4 is 5.32 Å². The van der Waals surface area contributed by atoms with E-state index in [1.807, 2.05) is 0 Å². The Morgan fingerprint density at radius 3 is 2.81 bits per heavy atom. The maximum absolute atomic E-state index is 14.4. The molecule has 5 rings (SSSR count). The number of para-hydroxylation sites is 1. The molecule has 3 heterocycles. The van der Waals surface area contributed by atoms with E-state index >= 15 is 0 Å². The third kappa shape index (κ3) is 3.32. The first-order valence-corrected chi connectivity index (χ1v) is 10.5. The largest absolute Gasteiger partial charge is 0.351 e. The van der Waals surface area contributed by atoms with Gasteiger partial charge in [-0.05, 0) is 18.9 Å². The van der Waals surface area contributed by atoms with E-state index in [-0.39, 0.29) is 11.5 Å². The number of hydrogen-bond acceptors (Lipinski definition) is 5. The number of hydrogen-bond donors (Lipinski definition) is 2. The minimum absolute atomic E-state index is 0.118. The molecule has 0 spiro atoms. The third-order valence-corrected chi connectivity index (χ3v) is 6.16. The first-order chi connectivity index (χ1) is 14.8. The molecule has 0 radical (unpaired) electrons. The number of nitrogens with zero attached hydrogens (tertiary/aromatic N) is 4. The quantitative estimate of drug-likeness (QED) is 0.487. The molecular weight excluding hydrogens is 422 g/mol. The summed E-state index contributed by atoms with van der Waals surface area (Å²) in [5, 5.41) is 7.94. The van der Waals surface area contributed by atoms with Crippen LogP contribution in [0.4, 0.5) is 13.9 Å². The number of carbonyl (C=O) groups is 1. The van der Waals surface area contributed by atoms with Crippen molar-refractivity contribution >= 4 is 22.4 Å². The maximum Gasteiger partial charge on any atom is 0.272 e. The summed E-state index contributed by atoms with van der Waals surface area (Å²) in [6, 6.07) is 6.36. The van der Waals surface area contributed by atoms with Crippen LogP contribution in [0.15, 0.2) is 36.8 Å². The van der Waals surface area contributed by atoms with Crippen molar-refractivity contribution in [1.29, 1.82) is 0 Å². The fraction of sp³-hybridized carbons (Fsp3) is 0.238. The molecule has 0 saturated carbocycles. The van der Waals surface area contributed by atoms with Gasteiger partial charge in [0.15, 0.2) is 5.13 Å². The summed E-state index contributed by atoms with van der Waals surface area (Å²) in [6.45, 7) is 2.30. The predicted octanol–water partition coefficient (Wildman–Crippen LogP) is 4.55. The lowest BCUT2D eigenvalue weighted by Gasteiger charge is -2.18. The average molecular weight is 440 g/mol. The van der Waals surface area contributed by atoms with E-state index in [0.29, 0.717) is 40.7 Å². The van der Waals surface area contributed by atoms with E-state index in [9.17, 15) is 13.6 Å². The number of aryl methyl sites for hydroxylation is 1. The number of fused-ring (bicyclic) bond motifs is 3. The molecular formula is C21H18F2N6OS. The van der Waals surface area contributed by atoms with E-state index in [4.69, 9.17) is 5.10 Å². The number of thiazole rings is 1. The summed E-state index contributed by atoms with van der Waals surface area (Å²) in [7, 11) is 0. The fourth-order valence-corrected chi connectivity index (χ4v) is 4.99. The van der Waals surface area contributed by atoms with E-state index in [2.05, 4.69) is 20.3 Å². The summed E-state index contributed by atoms with van der Waals surface area (Å²) in [6.07, 6.45) is 4.59. The number of aromatic nitrogens is 5. The smallest absolute Gasteiger partial charge is 0.272 e. The van der Waals surface area contributed by atoms with Crippen LogP contribution in [-0.2, 0) is 23.6 Å². The number of benzene rings is 1. The molecule has 2 N–H and O–H groups in total. The van der Waals surface area contributed by atoms with E-state index in [0.717, 1.165) is 23.1 Å². The summed E-state index contributed by atoms with van der Waals surface area (Å²) in [5.41, 5.74) is 3.92. The van der Waals surface area contributed by atoms with Crippen LogP contribution in [0.2, 0.25) is 0 Å². The van der Waals surface area contributed by atoms with Crippen molar-refractivity contribution < 1.29 is 13.6 Å². The first-order valence-electron chi connectivity index (χ1n) is 9.69. The van der Waals surface area contributed by atoms with Crippen molar-refractivity contribution in [2.45, 2.75) is 32.6 Å². The van der Waals surface area contributed by atoms with Gasteiger partial charge in [0.2, 0.25) is 5.91 Å². The predicted molar refractivity (Wildman–Crippen MR) is 114 cm³/mol. The number of aromatic amines is 1. The molecule has 0 fully saturated rings. The van der Waals surface area contributed by atoms with Crippen molar-refractivity contribution in [2.75, 3.05) is 5.32 Å². The van der Waals surface area contributed by atoms with Crippen LogP contribution in [0, 0.1) is 0 Å². The average Bonchev–Trinajstić information content (AvgIpc) is 3.44. The summed E-state index contributed by atoms with van der Waals surface area (Å²) >= 11 is 1.32. The molecule has 1 amide bonds. The van der Waals surface area contributed by atoms with E-state index in [1.54, 1.807) is 35.4 Å². The lowest BCUT2D eigenvalue weighted by molar-refractivity contribution is -0.114. The number of halogens is 2. The Balaban J connectivity index is 1.78. The Morgan fingerprint density at radius 1 is 1.29 bits per heavy atom. The van der Waals surface area contributed by atoms with Gasteiger partial charge in [0, 0.05) is 31.2 Å². The molecule has 1 aromatic carbocycles. The van der Waals surface area contributed by atoms with Crippen LogP contribution in [-0.4, -0.2) is 30.6 Å². The van der Waals surface area contributed by atoms with E-state index < -0.39 is 5.92 Å². The monoisotopic (exact) mass is 440 g/mol. The minimum atomic E-state index is -3.05. The molecule has 10 heteroatoms. The molecule has 0 saturated heterocycles. The highest BCUT2D eigenvalue weighted by atomic mass is 32.1. The number of alkyl halides is 2. The zero-order chi connectivity index (χ0) is 21.8.